The lowest BCUT2D eigenvalue weighted by atomic mass is 9.84. The summed E-state index contributed by atoms with van der Waals surface area (Å²) in [5.74, 6) is 0.725. The van der Waals surface area contributed by atoms with Crippen molar-refractivity contribution >= 4 is 78.2 Å². The highest BCUT2D eigenvalue weighted by atomic mass is 32.1. The predicted octanol–water partition coefficient (Wildman–Crippen LogP) is 8.51. The Balaban J connectivity index is 1.45. The molecule has 0 aliphatic heterocycles. The van der Waals surface area contributed by atoms with Crippen LogP contribution in [0.5, 0.6) is 11.5 Å². The normalized spacial score (nSPS) is 16.0. The maximum atomic E-state index is 9.15. The lowest BCUT2D eigenvalue weighted by Crippen LogP contribution is -2.18. The first-order valence-electron chi connectivity index (χ1n) is 12.9. The molecular formula is C30H20N8O2S4. The number of rotatable bonds is 6. The van der Waals surface area contributed by atoms with Gasteiger partial charge in [0, 0.05) is 23.0 Å². The number of aliphatic imine (C=N–C) groups is 2. The molecule has 2 aliphatic rings. The average molecular weight is 653 g/mol. The van der Waals surface area contributed by atoms with Crippen molar-refractivity contribution in [2.45, 2.75) is 38.5 Å². The predicted molar refractivity (Wildman–Crippen MR) is 175 cm³/mol. The molecule has 4 aromatic heterocycles. The van der Waals surface area contributed by atoms with Gasteiger partial charge in [-0.25, -0.2) is 20.5 Å². The first kappa shape index (κ1) is 29.4. The molecule has 0 aromatic carbocycles. The van der Waals surface area contributed by atoms with Crippen LogP contribution in [0.4, 0.5) is 10.0 Å². The molecule has 10 nitrogen and oxygen atoms in total. The molecule has 0 amide bonds. The van der Waals surface area contributed by atoms with E-state index >= 15 is 0 Å². The summed E-state index contributed by atoms with van der Waals surface area (Å²) in [6.07, 6.45) is 0. The molecule has 4 heterocycles. The fourth-order valence-electron chi connectivity index (χ4n) is 5.47. The van der Waals surface area contributed by atoms with E-state index in [1.807, 2.05) is 0 Å². The molecule has 0 spiro atoms. The second-order valence-corrected chi connectivity index (χ2v) is 14.7. The fraction of sp³-hybridized carbons (Fsp3) is 0.267. The highest BCUT2D eigenvalue weighted by Crippen LogP contribution is 2.66. The Morgan fingerprint density at radius 2 is 1.11 bits per heavy atom. The van der Waals surface area contributed by atoms with Crippen LogP contribution in [0.15, 0.2) is 22.1 Å². The summed E-state index contributed by atoms with van der Waals surface area (Å²) in [6, 6.07) is 7.07. The van der Waals surface area contributed by atoms with Crippen molar-refractivity contribution in [2.24, 2.45) is 9.98 Å². The average Bonchev–Trinajstić information content (AvgIpc) is 3.83. The van der Waals surface area contributed by atoms with Gasteiger partial charge in [0.15, 0.2) is 0 Å². The van der Waals surface area contributed by atoms with Crippen LogP contribution < -0.4 is 9.47 Å². The zero-order valence-corrected chi connectivity index (χ0v) is 27.4. The summed E-state index contributed by atoms with van der Waals surface area (Å²) >= 11 is 5.89. The van der Waals surface area contributed by atoms with Gasteiger partial charge in [0.1, 0.15) is 43.4 Å². The number of methoxy groups -OCH3 is 2. The van der Waals surface area contributed by atoms with Gasteiger partial charge in [0.05, 0.1) is 35.4 Å². The number of hydrogen-bond acceptors (Lipinski definition) is 12. The lowest BCUT2D eigenvalue weighted by Gasteiger charge is -2.21. The van der Waals surface area contributed by atoms with Crippen LogP contribution in [0.3, 0.4) is 0 Å². The van der Waals surface area contributed by atoms with E-state index in [1.165, 1.54) is 33.8 Å². The van der Waals surface area contributed by atoms with Crippen LogP contribution >= 0.6 is 45.3 Å². The third-order valence-electron chi connectivity index (χ3n) is 7.43. The minimum absolute atomic E-state index is 0.233. The number of thiophene rings is 2. The Kier molecular flexibility index (Phi) is 7.00. The molecule has 6 rings (SSSR count). The zero-order valence-electron chi connectivity index (χ0n) is 24.2. The van der Waals surface area contributed by atoms with Crippen LogP contribution in [-0.2, 0) is 10.8 Å². The smallest absolute Gasteiger partial charge is 0.350 e. The largest absolute Gasteiger partial charge is 0.495 e. The van der Waals surface area contributed by atoms with Crippen molar-refractivity contribution in [3.63, 3.8) is 0 Å². The second-order valence-electron chi connectivity index (χ2n) is 10.7. The van der Waals surface area contributed by atoms with Crippen molar-refractivity contribution in [3.05, 3.63) is 56.1 Å². The number of aromatic nitrogens is 2. The van der Waals surface area contributed by atoms with Gasteiger partial charge in [-0.3, -0.25) is 0 Å². The molecule has 2 aliphatic carbocycles. The van der Waals surface area contributed by atoms with Crippen LogP contribution in [0.25, 0.3) is 40.6 Å². The van der Waals surface area contributed by atoms with Gasteiger partial charge in [0.2, 0.25) is 10.0 Å². The van der Waals surface area contributed by atoms with Crippen molar-refractivity contribution in [1.82, 2.24) is 9.97 Å². The zero-order chi connectivity index (χ0) is 31.6. The SMILES string of the molecule is [C-]#[N+]C(C#N)=Nc1cc(OC)c(-c2nc3c(s2)C2=C(c4sc(-c5sc(N=C(C#N)[N+]#[C-])cc5OC)nc4C2(C)C)C3(C)C)s1. The van der Waals surface area contributed by atoms with E-state index in [0.717, 1.165) is 40.9 Å². The summed E-state index contributed by atoms with van der Waals surface area (Å²) < 4.78 is 11.3. The molecule has 14 heteroatoms. The second kappa shape index (κ2) is 10.5. The standard InChI is InChI=1S/C30H20N8O2S4/c1-29(2)19-20(24-25(29)37-27(44-24)21-13(39-7)9-17(41-21)35-15(11-31)33-5)30(3,4)26-23(19)43-28(38-26)22-14(40-8)10-18(42-22)36-16(12-32)34-6/h9-10H,1-4,7-8H3. The van der Waals surface area contributed by atoms with Gasteiger partial charge in [-0.15, -0.1) is 22.7 Å². The molecule has 0 atom stereocenters. The summed E-state index contributed by atoms with van der Waals surface area (Å²) in [5.41, 5.74) is 3.61. The van der Waals surface area contributed by atoms with E-state index in [2.05, 4.69) is 47.4 Å². The lowest BCUT2D eigenvalue weighted by molar-refractivity contribution is 0.418. The molecule has 4 aromatic rings. The molecule has 0 fully saturated rings. The van der Waals surface area contributed by atoms with Gasteiger partial charge in [-0.2, -0.15) is 0 Å². The number of ether oxygens (including phenoxy) is 2. The van der Waals surface area contributed by atoms with Gasteiger partial charge in [-0.1, -0.05) is 73.5 Å². The van der Waals surface area contributed by atoms with Crippen molar-refractivity contribution in [1.29, 1.82) is 10.5 Å². The maximum absolute atomic E-state index is 9.15. The van der Waals surface area contributed by atoms with Gasteiger partial charge < -0.3 is 19.2 Å². The van der Waals surface area contributed by atoms with Crippen molar-refractivity contribution in [2.75, 3.05) is 14.2 Å². The summed E-state index contributed by atoms with van der Waals surface area (Å²) in [7, 11) is 3.16. The quantitative estimate of drug-likeness (QED) is 0.117. The third-order valence-corrected chi connectivity index (χ3v) is 11.9. The maximum Gasteiger partial charge on any atom is 0.350 e. The topological polar surface area (TPSA) is 125 Å². The Labute approximate surface area is 269 Å². The summed E-state index contributed by atoms with van der Waals surface area (Å²) in [4.78, 5) is 28.8. The van der Waals surface area contributed by atoms with Crippen LogP contribution in [0.2, 0.25) is 0 Å². The Bertz CT molecular complexity index is 1970. The monoisotopic (exact) mass is 652 g/mol. The highest BCUT2D eigenvalue weighted by Gasteiger charge is 2.54. The number of nitrogens with zero attached hydrogens (tertiary/aromatic N) is 8. The van der Waals surface area contributed by atoms with Gasteiger partial charge in [-0.05, 0) is 11.1 Å². The van der Waals surface area contributed by atoms with Crippen LogP contribution in [-0.4, -0.2) is 35.9 Å². The van der Waals surface area contributed by atoms with Crippen molar-refractivity contribution in [3.8, 4) is 43.4 Å². The molecular weight excluding hydrogens is 633 g/mol. The van der Waals surface area contributed by atoms with Gasteiger partial charge >= 0.3 is 11.7 Å². The van der Waals surface area contributed by atoms with Crippen LogP contribution in [0, 0.1) is 35.8 Å². The molecule has 0 saturated heterocycles. The number of fused-ring (bicyclic) bond motifs is 4. The van der Waals surface area contributed by atoms with E-state index in [-0.39, 0.29) is 11.7 Å². The Morgan fingerprint density at radius 1 is 0.727 bits per heavy atom. The molecule has 0 radical (unpaired) electrons. The third kappa shape index (κ3) is 4.27. The molecule has 0 unspecified atom stereocenters. The van der Waals surface area contributed by atoms with Crippen LogP contribution in [0.1, 0.15) is 48.8 Å². The summed E-state index contributed by atoms with van der Waals surface area (Å²) in [6.45, 7) is 23.0. The molecule has 0 bridgehead atoms. The minimum Gasteiger partial charge on any atom is -0.495 e. The van der Waals surface area contributed by atoms with Crippen molar-refractivity contribution < 1.29 is 9.47 Å². The minimum atomic E-state index is -0.401. The highest BCUT2D eigenvalue weighted by molar-refractivity contribution is 7.25. The number of nitriles is 2. The molecule has 44 heavy (non-hydrogen) atoms. The number of hydrogen-bond donors (Lipinski definition) is 0. The molecule has 0 saturated carbocycles. The molecule has 0 N–H and O–H groups in total. The Hall–Kier alpha value is -4.70. The molecule has 216 valence electrons. The number of allylic oxidation sites excluding steroid dienone is 2. The van der Waals surface area contributed by atoms with E-state index in [0.29, 0.717) is 21.5 Å². The summed E-state index contributed by atoms with van der Waals surface area (Å²) in [5, 5.41) is 20.9. The number of amidine groups is 2. The van der Waals surface area contributed by atoms with Gasteiger partial charge in [0.25, 0.3) is 0 Å². The fourth-order valence-corrected chi connectivity index (χ4v) is 10.5. The van der Waals surface area contributed by atoms with E-state index < -0.39 is 10.8 Å². The first-order valence-corrected chi connectivity index (χ1v) is 16.2. The van der Waals surface area contributed by atoms with E-state index in [4.69, 9.17) is 43.1 Å². The Morgan fingerprint density at radius 3 is 1.43 bits per heavy atom. The van der Waals surface area contributed by atoms with E-state index in [1.54, 1.807) is 61.2 Å². The first-order chi connectivity index (χ1) is 21.0. The number of thiazole rings is 2. The van der Waals surface area contributed by atoms with E-state index in [9.17, 15) is 0 Å².